The Morgan fingerprint density at radius 2 is 1.93 bits per heavy atom. The third-order valence-electron chi connectivity index (χ3n) is 4.05. The van der Waals surface area contributed by atoms with Crippen LogP contribution >= 0.6 is 11.3 Å². The number of allylic oxidation sites excluding steroid dienone is 1. The first kappa shape index (κ1) is 18.8. The molecular weight excluding hydrogens is 358 g/mol. The number of carbonyl (C=O) groups is 1. The molecule has 5 nitrogen and oxygen atoms in total. The molecule has 1 N–H and O–H groups in total. The van der Waals surface area contributed by atoms with Crippen LogP contribution in [0.15, 0.2) is 60.2 Å². The van der Waals surface area contributed by atoms with Gasteiger partial charge < -0.3 is 10.1 Å². The van der Waals surface area contributed by atoms with Crippen molar-refractivity contribution in [3.05, 3.63) is 71.5 Å². The molecule has 0 aliphatic heterocycles. The van der Waals surface area contributed by atoms with Gasteiger partial charge in [-0.15, -0.1) is 11.3 Å². The van der Waals surface area contributed by atoms with Crippen LogP contribution in [0.25, 0.3) is 16.1 Å². The van der Waals surface area contributed by atoms with E-state index >= 15 is 0 Å². The van der Waals surface area contributed by atoms with E-state index in [1.165, 1.54) is 0 Å². The molecule has 2 aromatic heterocycles. The molecule has 3 aromatic rings. The van der Waals surface area contributed by atoms with E-state index < -0.39 is 0 Å². The lowest BCUT2D eigenvalue weighted by atomic mass is 10.1. The second-order valence-corrected chi connectivity index (χ2v) is 6.83. The molecule has 0 saturated heterocycles. The summed E-state index contributed by atoms with van der Waals surface area (Å²) >= 11 is 1.60. The number of methoxy groups -OCH3 is 1. The standard InChI is InChI=1S/C21H21N3O2S/c1-15(16-3-5-19(26-2)6-4-16)13-20(25)23-12-9-18-14-27-21(24-18)17-7-10-22-11-8-17/h3-8,10-11,13-14H,9,12H2,1-2H3,(H,23,25)/b15-13+. The SMILES string of the molecule is COc1ccc(/C(C)=C/C(=O)NCCc2csc(-c3ccncc3)n2)cc1. The van der Waals surface area contributed by atoms with E-state index in [2.05, 4.69) is 15.3 Å². The minimum Gasteiger partial charge on any atom is -0.497 e. The Bertz CT molecular complexity index is 918. The zero-order valence-electron chi connectivity index (χ0n) is 15.3. The van der Waals surface area contributed by atoms with Gasteiger partial charge in [-0.2, -0.15) is 0 Å². The fourth-order valence-electron chi connectivity index (χ4n) is 2.55. The van der Waals surface area contributed by atoms with Crippen molar-refractivity contribution in [3.63, 3.8) is 0 Å². The summed E-state index contributed by atoms with van der Waals surface area (Å²) in [5.41, 5.74) is 3.93. The molecule has 0 aliphatic carbocycles. The molecule has 0 unspecified atom stereocenters. The van der Waals surface area contributed by atoms with Crippen LogP contribution in [0.3, 0.4) is 0 Å². The lowest BCUT2D eigenvalue weighted by molar-refractivity contribution is -0.116. The summed E-state index contributed by atoms with van der Waals surface area (Å²) in [6, 6.07) is 11.5. The smallest absolute Gasteiger partial charge is 0.244 e. The summed E-state index contributed by atoms with van der Waals surface area (Å²) in [7, 11) is 1.63. The molecule has 138 valence electrons. The first-order chi connectivity index (χ1) is 13.2. The quantitative estimate of drug-likeness (QED) is 0.631. The van der Waals surface area contributed by atoms with Crippen molar-refractivity contribution in [2.45, 2.75) is 13.3 Å². The summed E-state index contributed by atoms with van der Waals surface area (Å²) in [5, 5.41) is 5.91. The van der Waals surface area contributed by atoms with Gasteiger partial charge in [-0.05, 0) is 42.3 Å². The Kier molecular flexibility index (Phi) is 6.33. The third kappa shape index (κ3) is 5.24. The molecule has 1 aromatic carbocycles. The first-order valence-corrected chi connectivity index (χ1v) is 9.49. The average Bonchev–Trinajstić information content (AvgIpc) is 3.17. The van der Waals surface area contributed by atoms with E-state index in [1.54, 1.807) is 36.9 Å². The van der Waals surface area contributed by atoms with Gasteiger partial charge in [0.2, 0.25) is 5.91 Å². The molecule has 0 fully saturated rings. The second-order valence-electron chi connectivity index (χ2n) is 5.98. The average molecular weight is 379 g/mol. The molecule has 0 bridgehead atoms. The Labute approximate surface area is 162 Å². The summed E-state index contributed by atoms with van der Waals surface area (Å²) in [5.74, 6) is 0.693. The van der Waals surface area contributed by atoms with Crippen molar-refractivity contribution in [3.8, 4) is 16.3 Å². The predicted molar refractivity (Wildman–Crippen MR) is 109 cm³/mol. The van der Waals surface area contributed by atoms with E-state index in [1.807, 2.05) is 48.7 Å². The van der Waals surface area contributed by atoms with Gasteiger partial charge in [0.1, 0.15) is 10.8 Å². The van der Waals surface area contributed by atoms with Crippen LogP contribution in [0.2, 0.25) is 0 Å². The maximum Gasteiger partial charge on any atom is 0.244 e. The minimum absolute atomic E-state index is 0.104. The van der Waals surface area contributed by atoms with Gasteiger partial charge in [0.05, 0.1) is 12.8 Å². The second kappa shape index (κ2) is 9.09. The van der Waals surface area contributed by atoms with Gasteiger partial charge in [-0.3, -0.25) is 9.78 Å². The highest BCUT2D eigenvalue weighted by Crippen LogP contribution is 2.23. The highest BCUT2D eigenvalue weighted by atomic mass is 32.1. The fourth-order valence-corrected chi connectivity index (χ4v) is 3.41. The number of pyridine rings is 1. The molecule has 0 spiro atoms. The highest BCUT2D eigenvalue weighted by Gasteiger charge is 2.06. The summed E-state index contributed by atoms with van der Waals surface area (Å²) in [6.07, 6.45) is 5.83. The number of aromatic nitrogens is 2. The van der Waals surface area contributed by atoms with Crippen molar-refractivity contribution in [2.75, 3.05) is 13.7 Å². The van der Waals surface area contributed by atoms with Crippen molar-refractivity contribution < 1.29 is 9.53 Å². The van der Waals surface area contributed by atoms with Crippen molar-refractivity contribution in [2.24, 2.45) is 0 Å². The van der Waals surface area contributed by atoms with Crippen molar-refractivity contribution in [1.29, 1.82) is 0 Å². The molecule has 0 atom stereocenters. The third-order valence-corrected chi connectivity index (χ3v) is 4.99. The van der Waals surface area contributed by atoms with E-state index in [-0.39, 0.29) is 5.91 Å². The van der Waals surface area contributed by atoms with Crippen LogP contribution < -0.4 is 10.1 Å². The van der Waals surface area contributed by atoms with Crippen LogP contribution in [-0.2, 0) is 11.2 Å². The van der Waals surface area contributed by atoms with Gasteiger partial charge in [0, 0.05) is 42.4 Å². The number of ether oxygens (including phenoxy) is 1. The lowest BCUT2D eigenvalue weighted by Gasteiger charge is -2.05. The number of hydrogen-bond donors (Lipinski definition) is 1. The topological polar surface area (TPSA) is 64.1 Å². The van der Waals surface area contributed by atoms with E-state index in [9.17, 15) is 4.79 Å². The number of carbonyl (C=O) groups excluding carboxylic acids is 1. The predicted octanol–water partition coefficient (Wildman–Crippen LogP) is 3.98. The molecule has 2 heterocycles. The zero-order valence-corrected chi connectivity index (χ0v) is 16.1. The Morgan fingerprint density at radius 3 is 2.63 bits per heavy atom. The van der Waals surface area contributed by atoms with Gasteiger partial charge in [-0.1, -0.05) is 12.1 Å². The van der Waals surface area contributed by atoms with E-state index in [0.717, 1.165) is 33.2 Å². The lowest BCUT2D eigenvalue weighted by Crippen LogP contribution is -2.23. The number of amides is 1. The van der Waals surface area contributed by atoms with E-state index in [4.69, 9.17) is 4.74 Å². The summed E-state index contributed by atoms with van der Waals surface area (Å²) in [6.45, 7) is 2.47. The first-order valence-electron chi connectivity index (χ1n) is 8.61. The van der Waals surface area contributed by atoms with Crippen LogP contribution in [0.1, 0.15) is 18.2 Å². The molecule has 0 aliphatic rings. The maximum absolute atomic E-state index is 12.1. The van der Waals surface area contributed by atoms with Gasteiger partial charge in [0.15, 0.2) is 0 Å². The maximum atomic E-state index is 12.1. The number of nitrogens with zero attached hydrogens (tertiary/aromatic N) is 2. The minimum atomic E-state index is -0.104. The molecule has 1 amide bonds. The van der Waals surface area contributed by atoms with Gasteiger partial charge in [0.25, 0.3) is 0 Å². The summed E-state index contributed by atoms with van der Waals surface area (Å²) in [4.78, 5) is 20.8. The molecular formula is C21H21N3O2S. The number of rotatable bonds is 7. The number of thiazole rings is 1. The highest BCUT2D eigenvalue weighted by molar-refractivity contribution is 7.13. The summed E-state index contributed by atoms with van der Waals surface area (Å²) < 4.78 is 5.15. The van der Waals surface area contributed by atoms with Gasteiger partial charge in [-0.25, -0.2) is 4.98 Å². The normalized spacial score (nSPS) is 11.3. The molecule has 3 rings (SSSR count). The number of nitrogens with one attached hydrogen (secondary N) is 1. The Hall–Kier alpha value is -2.99. The van der Waals surface area contributed by atoms with Gasteiger partial charge >= 0.3 is 0 Å². The molecule has 27 heavy (non-hydrogen) atoms. The van der Waals surface area contributed by atoms with Crippen LogP contribution in [0, 0.1) is 0 Å². The van der Waals surface area contributed by atoms with Crippen LogP contribution in [0.4, 0.5) is 0 Å². The zero-order chi connectivity index (χ0) is 19.1. The molecule has 0 radical (unpaired) electrons. The van der Waals surface area contributed by atoms with Crippen LogP contribution in [0.5, 0.6) is 5.75 Å². The Morgan fingerprint density at radius 1 is 1.19 bits per heavy atom. The van der Waals surface area contributed by atoms with E-state index in [0.29, 0.717) is 13.0 Å². The number of benzene rings is 1. The largest absolute Gasteiger partial charge is 0.497 e. The fraction of sp³-hybridized carbons (Fsp3) is 0.190. The Balaban J connectivity index is 1.51. The van der Waals surface area contributed by atoms with Crippen LogP contribution in [-0.4, -0.2) is 29.5 Å². The molecule has 0 saturated carbocycles. The van der Waals surface area contributed by atoms with Crippen molar-refractivity contribution in [1.82, 2.24) is 15.3 Å². The molecule has 6 heteroatoms. The number of hydrogen-bond acceptors (Lipinski definition) is 5. The van der Waals surface area contributed by atoms with Crippen molar-refractivity contribution >= 4 is 22.8 Å². The monoisotopic (exact) mass is 379 g/mol.